The maximum absolute atomic E-state index is 12.4. The van der Waals surface area contributed by atoms with Crippen molar-refractivity contribution in [2.24, 2.45) is 0 Å². The van der Waals surface area contributed by atoms with Crippen LogP contribution in [-0.4, -0.2) is 41.8 Å². The molecule has 0 spiro atoms. The Labute approximate surface area is 167 Å². The van der Waals surface area contributed by atoms with E-state index in [0.29, 0.717) is 23.4 Å². The fourth-order valence-electron chi connectivity index (χ4n) is 2.92. The number of hydrogen-bond donors (Lipinski definition) is 2. The number of carboxylic acids is 1. The van der Waals surface area contributed by atoms with Crippen molar-refractivity contribution in [3.8, 4) is 5.75 Å². The summed E-state index contributed by atoms with van der Waals surface area (Å²) in [5, 5.41) is 11.6. The number of nitrogens with zero attached hydrogens (tertiary/aromatic N) is 1. The highest BCUT2D eigenvalue weighted by molar-refractivity contribution is 6.04. The number of rotatable bonds is 7. The van der Waals surface area contributed by atoms with Gasteiger partial charge in [0.05, 0.1) is 11.3 Å². The number of carboxylic acid groups (broad SMARTS) is 1. The average Bonchev–Trinajstić information content (AvgIpc) is 2.73. The number of benzene rings is 2. The number of fused-ring (bicyclic) bond motifs is 1. The highest BCUT2D eigenvalue weighted by Crippen LogP contribution is 2.33. The molecule has 0 radical (unpaired) electrons. The lowest BCUT2D eigenvalue weighted by atomic mass is 10.1. The summed E-state index contributed by atoms with van der Waals surface area (Å²) in [4.78, 5) is 48.8. The maximum Gasteiger partial charge on any atom is 0.335 e. The fraction of sp³-hybridized carbons (Fsp3) is 0.238. The zero-order chi connectivity index (χ0) is 21.0. The van der Waals surface area contributed by atoms with Gasteiger partial charge in [-0.05, 0) is 35.9 Å². The predicted octanol–water partition coefficient (Wildman–Crippen LogP) is 2.02. The third kappa shape index (κ3) is 4.60. The molecule has 0 unspecified atom stereocenters. The number of nitrogens with one attached hydrogen (secondary N) is 1. The van der Waals surface area contributed by atoms with E-state index in [4.69, 9.17) is 9.84 Å². The third-order valence-corrected chi connectivity index (χ3v) is 4.54. The van der Waals surface area contributed by atoms with Crippen molar-refractivity contribution in [3.63, 3.8) is 0 Å². The summed E-state index contributed by atoms with van der Waals surface area (Å²) < 4.78 is 5.39. The Morgan fingerprint density at radius 2 is 1.79 bits per heavy atom. The molecule has 2 amide bonds. The molecule has 0 atom stereocenters. The third-order valence-electron chi connectivity index (χ3n) is 4.54. The van der Waals surface area contributed by atoms with Gasteiger partial charge >= 0.3 is 5.97 Å². The molecule has 0 aliphatic carbocycles. The molecule has 2 aromatic rings. The van der Waals surface area contributed by atoms with Gasteiger partial charge in [-0.15, -0.1) is 0 Å². The van der Waals surface area contributed by atoms with Crippen molar-refractivity contribution in [2.45, 2.75) is 19.9 Å². The normalized spacial score (nSPS) is 12.7. The van der Waals surface area contributed by atoms with Crippen LogP contribution >= 0.6 is 0 Å². The summed E-state index contributed by atoms with van der Waals surface area (Å²) in [6, 6.07) is 11.0. The van der Waals surface area contributed by atoms with Crippen molar-refractivity contribution in [1.82, 2.24) is 5.32 Å². The number of anilines is 1. The molecule has 0 saturated heterocycles. The van der Waals surface area contributed by atoms with E-state index in [0.717, 1.165) is 5.56 Å². The molecule has 8 heteroatoms. The molecule has 0 bridgehead atoms. The van der Waals surface area contributed by atoms with Crippen LogP contribution in [0.15, 0.2) is 42.5 Å². The number of carbonyl (C=O) groups is 4. The minimum Gasteiger partial charge on any atom is -0.482 e. The lowest BCUT2D eigenvalue weighted by molar-refractivity contribution is -0.125. The lowest BCUT2D eigenvalue weighted by Gasteiger charge is -2.29. The van der Waals surface area contributed by atoms with E-state index in [1.807, 2.05) is 0 Å². The first-order valence-electron chi connectivity index (χ1n) is 9.08. The number of Topliss-reactive ketones (excluding diaryl/α,β-unsaturated/α-hetero) is 1. The molecule has 2 aromatic carbocycles. The van der Waals surface area contributed by atoms with Crippen molar-refractivity contribution < 1.29 is 29.0 Å². The molecule has 0 fully saturated rings. The number of aromatic carboxylic acids is 1. The number of hydrogen-bond acceptors (Lipinski definition) is 5. The van der Waals surface area contributed by atoms with Crippen LogP contribution in [0.1, 0.15) is 39.6 Å². The predicted molar refractivity (Wildman–Crippen MR) is 104 cm³/mol. The molecule has 3 rings (SSSR count). The molecule has 2 N–H and O–H groups in total. The number of ether oxygens (including phenoxy) is 1. The van der Waals surface area contributed by atoms with E-state index < -0.39 is 5.97 Å². The molecule has 1 heterocycles. The quantitative estimate of drug-likeness (QED) is 0.693. The summed E-state index contributed by atoms with van der Waals surface area (Å²) in [6.07, 6.45) is 0.328. The first-order valence-corrected chi connectivity index (χ1v) is 9.08. The van der Waals surface area contributed by atoms with Crippen molar-refractivity contribution >= 4 is 29.3 Å². The monoisotopic (exact) mass is 396 g/mol. The van der Waals surface area contributed by atoms with E-state index in [1.54, 1.807) is 37.3 Å². The Balaban J connectivity index is 1.69. The second kappa shape index (κ2) is 8.55. The van der Waals surface area contributed by atoms with Gasteiger partial charge in [0.1, 0.15) is 12.3 Å². The zero-order valence-corrected chi connectivity index (χ0v) is 15.8. The topological polar surface area (TPSA) is 113 Å². The molecule has 29 heavy (non-hydrogen) atoms. The number of ketones is 1. The Hall–Kier alpha value is -3.68. The van der Waals surface area contributed by atoms with Gasteiger partial charge in [-0.3, -0.25) is 19.3 Å². The van der Waals surface area contributed by atoms with Crippen molar-refractivity contribution in [3.05, 3.63) is 59.2 Å². The van der Waals surface area contributed by atoms with Crippen LogP contribution in [0.2, 0.25) is 0 Å². The van der Waals surface area contributed by atoms with E-state index in [9.17, 15) is 19.2 Å². The van der Waals surface area contributed by atoms with E-state index in [2.05, 4.69) is 5.32 Å². The molecule has 1 aliphatic rings. The van der Waals surface area contributed by atoms with Gasteiger partial charge in [0.25, 0.3) is 5.91 Å². The zero-order valence-electron chi connectivity index (χ0n) is 15.8. The van der Waals surface area contributed by atoms with Crippen LogP contribution in [-0.2, 0) is 16.1 Å². The van der Waals surface area contributed by atoms with Crippen LogP contribution in [0.4, 0.5) is 5.69 Å². The molecule has 1 aliphatic heterocycles. The minimum absolute atomic E-state index is 0.0694. The van der Waals surface area contributed by atoms with E-state index >= 15 is 0 Å². The Morgan fingerprint density at radius 3 is 2.45 bits per heavy atom. The highest BCUT2D eigenvalue weighted by atomic mass is 16.5. The fourth-order valence-corrected chi connectivity index (χ4v) is 2.92. The smallest absolute Gasteiger partial charge is 0.335 e. The average molecular weight is 396 g/mol. The Kier molecular flexibility index (Phi) is 5.92. The van der Waals surface area contributed by atoms with Gasteiger partial charge in [0.15, 0.2) is 12.4 Å². The second-order valence-electron chi connectivity index (χ2n) is 6.51. The molecule has 150 valence electrons. The lowest BCUT2D eigenvalue weighted by Crippen LogP contribution is -2.45. The van der Waals surface area contributed by atoms with Gasteiger partial charge in [0, 0.05) is 18.5 Å². The van der Waals surface area contributed by atoms with Crippen LogP contribution in [0.5, 0.6) is 5.75 Å². The molecular weight excluding hydrogens is 376 g/mol. The van der Waals surface area contributed by atoms with Gasteiger partial charge in [-0.2, -0.15) is 0 Å². The van der Waals surface area contributed by atoms with Crippen LogP contribution in [0, 0.1) is 0 Å². The van der Waals surface area contributed by atoms with Gasteiger partial charge in [-0.25, -0.2) is 4.79 Å². The van der Waals surface area contributed by atoms with E-state index in [1.165, 1.54) is 17.0 Å². The van der Waals surface area contributed by atoms with Crippen LogP contribution < -0.4 is 15.0 Å². The first kappa shape index (κ1) is 20.1. The van der Waals surface area contributed by atoms with E-state index in [-0.39, 0.29) is 42.9 Å². The summed E-state index contributed by atoms with van der Waals surface area (Å²) in [5.74, 6) is -1.42. The Bertz CT molecular complexity index is 968. The molecule has 8 nitrogen and oxygen atoms in total. The van der Waals surface area contributed by atoms with Crippen molar-refractivity contribution in [1.29, 1.82) is 0 Å². The largest absolute Gasteiger partial charge is 0.482 e. The minimum atomic E-state index is -1.02. The number of amides is 2. The summed E-state index contributed by atoms with van der Waals surface area (Å²) in [6.45, 7) is 1.54. The molecule has 0 aromatic heterocycles. The maximum atomic E-state index is 12.4. The second-order valence-corrected chi connectivity index (χ2v) is 6.51. The summed E-state index contributed by atoms with van der Waals surface area (Å²) in [5.41, 5.74) is 1.73. The first-order chi connectivity index (χ1) is 13.9. The van der Waals surface area contributed by atoms with Crippen molar-refractivity contribution in [2.75, 3.05) is 18.1 Å². The van der Waals surface area contributed by atoms with Crippen LogP contribution in [0.3, 0.4) is 0 Å². The number of carbonyl (C=O) groups excluding carboxylic acids is 3. The highest BCUT2D eigenvalue weighted by Gasteiger charge is 2.28. The van der Waals surface area contributed by atoms with Crippen LogP contribution in [0.25, 0.3) is 0 Å². The van der Waals surface area contributed by atoms with Gasteiger partial charge in [0.2, 0.25) is 5.91 Å². The van der Waals surface area contributed by atoms with Gasteiger partial charge in [-0.1, -0.05) is 19.1 Å². The summed E-state index contributed by atoms with van der Waals surface area (Å²) >= 11 is 0. The molecule has 0 saturated carbocycles. The SMILES string of the molecule is CCC(=O)c1ccc2c(c1)N(CC(=O)NCc1ccc(C(=O)O)cc1)C(=O)CO2. The Morgan fingerprint density at radius 1 is 1.10 bits per heavy atom. The standard InChI is InChI=1S/C21H20N2O6/c1-2-17(24)15-7-8-18-16(9-15)23(20(26)12-29-18)11-19(25)22-10-13-3-5-14(6-4-13)21(27)28/h3-9H,2,10-12H2,1H3,(H,22,25)(H,27,28). The molecular formula is C21H20N2O6. The summed E-state index contributed by atoms with van der Waals surface area (Å²) in [7, 11) is 0. The van der Waals surface area contributed by atoms with Gasteiger partial charge < -0.3 is 15.2 Å².